The molecule has 158 valence electrons. The number of benzene rings is 1. The molecule has 31 heavy (non-hydrogen) atoms. The SMILES string of the molecule is O=C(O)CC(=O)N1CC(OC(=O)CC(=O)c2cc3c(o2)C(=O)c2ccccc2C3=O)C1. The third-order valence-electron chi connectivity index (χ3n) is 4.98. The van der Waals surface area contributed by atoms with Crippen LogP contribution in [-0.2, 0) is 19.1 Å². The number of aliphatic carboxylic acids is 1. The second-order valence-corrected chi connectivity index (χ2v) is 7.14. The highest BCUT2D eigenvalue weighted by Crippen LogP contribution is 2.30. The van der Waals surface area contributed by atoms with E-state index in [4.69, 9.17) is 14.3 Å². The Bertz CT molecular complexity index is 1100. The minimum atomic E-state index is -1.25. The highest BCUT2D eigenvalue weighted by Gasteiger charge is 2.36. The predicted molar refractivity (Wildman–Crippen MR) is 99.7 cm³/mol. The van der Waals surface area contributed by atoms with Crippen molar-refractivity contribution in [3.8, 4) is 0 Å². The van der Waals surface area contributed by atoms with Crippen LogP contribution in [0.3, 0.4) is 0 Å². The van der Waals surface area contributed by atoms with Crippen LogP contribution in [0.2, 0.25) is 0 Å². The lowest BCUT2D eigenvalue weighted by Gasteiger charge is -2.38. The summed E-state index contributed by atoms with van der Waals surface area (Å²) in [6, 6.07) is 7.37. The van der Waals surface area contributed by atoms with E-state index >= 15 is 0 Å². The van der Waals surface area contributed by atoms with Crippen LogP contribution in [0.25, 0.3) is 0 Å². The van der Waals surface area contributed by atoms with Gasteiger partial charge in [-0.05, 0) is 6.07 Å². The molecule has 1 aliphatic carbocycles. The first-order valence-corrected chi connectivity index (χ1v) is 9.29. The molecule has 0 atom stereocenters. The summed E-state index contributed by atoms with van der Waals surface area (Å²) in [6.45, 7) is 0.0880. The average Bonchev–Trinajstić information content (AvgIpc) is 3.14. The number of fused-ring (bicyclic) bond motifs is 2. The van der Waals surface area contributed by atoms with Gasteiger partial charge in [0.25, 0.3) is 0 Å². The summed E-state index contributed by atoms with van der Waals surface area (Å²) in [6.07, 6.45) is -1.97. The summed E-state index contributed by atoms with van der Waals surface area (Å²) in [5.41, 5.74) is 0.359. The van der Waals surface area contributed by atoms with Gasteiger partial charge in [0.05, 0.1) is 18.7 Å². The molecular weight excluding hydrogens is 410 g/mol. The van der Waals surface area contributed by atoms with Gasteiger partial charge in [-0.2, -0.15) is 0 Å². The fraction of sp³-hybridized carbons (Fsp3) is 0.238. The van der Waals surface area contributed by atoms with E-state index in [1.165, 1.54) is 17.0 Å². The minimum Gasteiger partial charge on any atom is -0.481 e. The number of furan rings is 1. The third-order valence-corrected chi connectivity index (χ3v) is 4.98. The Morgan fingerprint density at radius 3 is 2.29 bits per heavy atom. The number of nitrogens with zero attached hydrogens (tertiary/aromatic N) is 1. The van der Waals surface area contributed by atoms with E-state index in [0.29, 0.717) is 0 Å². The van der Waals surface area contributed by atoms with Crippen molar-refractivity contribution in [2.75, 3.05) is 13.1 Å². The van der Waals surface area contributed by atoms with Gasteiger partial charge in [0.2, 0.25) is 17.5 Å². The zero-order valence-corrected chi connectivity index (χ0v) is 16.0. The molecule has 1 fully saturated rings. The monoisotopic (exact) mass is 425 g/mol. The van der Waals surface area contributed by atoms with Crippen molar-refractivity contribution in [3.63, 3.8) is 0 Å². The second-order valence-electron chi connectivity index (χ2n) is 7.14. The topological polar surface area (TPSA) is 148 Å². The van der Waals surface area contributed by atoms with Crippen LogP contribution < -0.4 is 0 Å². The molecule has 1 N–H and O–H groups in total. The number of ketones is 3. The molecular formula is C21H15NO9. The molecule has 0 radical (unpaired) electrons. The lowest BCUT2D eigenvalue weighted by atomic mass is 9.88. The maximum Gasteiger partial charge on any atom is 0.314 e. The average molecular weight is 425 g/mol. The van der Waals surface area contributed by atoms with Crippen molar-refractivity contribution in [3.05, 3.63) is 58.5 Å². The summed E-state index contributed by atoms with van der Waals surface area (Å²) < 4.78 is 10.4. The molecule has 0 bridgehead atoms. The van der Waals surface area contributed by atoms with Crippen LogP contribution in [0.15, 0.2) is 34.7 Å². The van der Waals surface area contributed by atoms with Crippen LogP contribution in [0.4, 0.5) is 0 Å². The molecule has 2 aromatic rings. The number of carboxylic acids is 1. The number of hydrogen-bond acceptors (Lipinski definition) is 8. The number of esters is 1. The van der Waals surface area contributed by atoms with Gasteiger partial charge < -0.3 is 19.2 Å². The molecule has 0 saturated carbocycles. The van der Waals surface area contributed by atoms with Gasteiger partial charge in [-0.3, -0.25) is 28.8 Å². The first-order chi connectivity index (χ1) is 14.7. The first-order valence-electron chi connectivity index (χ1n) is 9.29. The molecule has 1 aromatic carbocycles. The third kappa shape index (κ3) is 3.75. The normalized spacial score (nSPS) is 15.0. The molecule has 0 unspecified atom stereocenters. The summed E-state index contributed by atoms with van der Waals surface area (Å²) in [4.78, 5) is 72.8. The second kappa shape index (κ2) is 7.63. The van der Waals surface area contributed by atoms with E-state index < -0.39 is 54.1 Å². The Balaban J connectivity index is 1.37. The van der Waals surface area contributed by atoms with Crippen molar-refractivity contribution in [1.82, 2.24) is 4.90 Å². The summed E-state index contributed by atoms with van der Waals surface area (Å²) >= 11 is 0. The zero-order valence-electron chi connectivity index (χ0n) is 16.0. The van der Waals surface area contributed by atoms with Gasteiger partial charge in [0.1, 0.15) is 18.9 Å². The van der Waals surface area contributed by atoms with E-state index in [1.54, 1.807) is 12.1 Å². The minimum absolute atomic E-state index is 0.0352. The number of carbonyl (C=O) groups excluding carboxylic acids is 5. The van der Waals surface area contributed by atoms with E-state index in [-0.39, 0.29) is 41.3 Å². The number of carbonyl (C=O) groups is 6. The van der Waals surface area contributed by atoms with Crippen molar-refractivity contribution in [2.45, 2.75) is 18.9 Å². The predicted octanol–water partition coefficient (Wildman–Crippen LogP) is 0.856. The zero-order chi connectivity index (χ0) is 22.3. The van der Waals surface area contributed by atoms with Gasteiger partial charge in [-0.1, -0.05) is 24.3 Å². The van der Waals surface area contributed by atoms with Gasteiger partial charge in [-0.15, -0.1) is 0 Å². The fourth-order valence-electron chi connectivity index (χ4n) is 3.42. The van der Waals surface area contributed by atoms with Crippen LogP contribution in [0, 0.1) is 0 Å². The smallest absolute Gasteiger partial charge is 0.314 e. The van der Waals surface area contributed by atoms with E-state index in [2.05, 4.69) is 0 Å². The standard InChI is InChI=1S/C21H15NO9/c23-14(6-18(27)30-10-8-22(9-10)16(24)7-17(25)26)15-5-13-19(28)11-3-1-2-4-12(11)20(29)21(13)31-15/h1-5,10H,6-9H2,(H,25,26). The number of likely N-dealkylation sites (tertiary alicyclic amines) is 1. The molecule has 1 amide bonds. The Morgan fingerprint density at radius 2 is 1.65 bits per heavy atom. The van der Waals surface area contributed by atoms with Gasteiger partial charge in [0, 0.05) is 11.1 Å². The fourth-order valence-corrected chi connectivity index (χ4v) is 3.42. The maximum atomic E-state index is 12.6. The number of hydrogen-bond donors (Lipinski definition) is 1. The van der Waals surface area contributed by atoms with Crippen molar-refractivity contribution in [2.24, 2.45) is 0 Å². The van der Waals surface area contributed by atoms with Gasteiger partial charge >= 0.3 is 11.9 Å². The molecule has 4 rings (SSSR count). The Hall–Kier alpha value is -4.08. The van der Waals surface area contributed by atoms with E-state index in [9.17, 15) is 28.8 Å². The van der Waals surface area contributed by atoms with Crippen LogP contribution >= 0.6 is 0 Å². The first kappa shape index (κ1) is 20.2. The number of rotatable bonds is 6. The number of amides is 1. The number of Topliss-reactive ketones (excluding diaryl/α,β-unsaturated/α-hetero) is 1. The summed E-state index contributed by atoms with van der Waals surface area (Å²) in [5.74, 6) is -4.98. The molecule has 10 nitrogen and oxygen atoms in total. The van der Waals surface area contributed by atoms with Crippen LogP contribution in [0.1, 0.15) is 55.4 Å². The molecule has 1 aromatic heterocycles. The molecule has 10 heteroatoms. The van der Waals surface area contributed by atoms with Crippen molar-refractivity contribution >= 4 is 35.2 Å². The summed E-state index contributed by atoms with van der Waals surface area (Å²) in [5, 5.41) is 8.59. The Kier molecular flexibility index (Phi) is 4.97. The lowest BCUT2D eigenvalue weighted by molar-refractivity contribution is -0.164. The molecule has 0 spiro atoms. The Labute approximate surface area is 174 Å². The highest BCUT2D eigenvalue weighted by molar-refractivity contribution is 6.28. The number of carboxylic acid groups (broad SMARTS) is 1. The van der Waals surface area contributed by atoms with E-state index in [0.717, 1.165) is 6.07 Å². The van der Waals surface area contributed by atoms with Crippen LogP contribution in [-0.4, -0.2) is 64.4 Å². The highest BCUT2D eigenvalue weighted by atomic mass is 16.5. The van der Waals surface area contributed by atoms with E-state index in [1.807, 2.05) is 0 Å². The summed E-state index contributed by atoms with van der Waals surface area (Å²) in [7, 11) is 0. The largest absolute Gasteiger partial charge is 0.481 e. The number of ether oxygens (including phenoxy) is 1. The van der Waals surface area contributed by atoms with Crippen molar-refractivity contribution < 1.29 is 43.0 Å². The van der Waals surface area contributed by atoms with Gasteiger partial charge in [0.15, 0.2) is 17.3 Å². The molecule has 1 aliphatic heterocycles. The Morgan fingerprint density at radius 1 is 1.00 bits per heavy atom. The molecule has 2 aliphatic rings. The quantitative estimate of drug-likeness (QED) is 0.345. The van der Waals surface area contributed by atoms with Crippen molar-refractivity contribution in [1.29, 1.82) is 0 Å². The van der Waals surface area contributed by atoms with Gasteiger partial charge in [-0.25, -0.2) is 0 Å². The maximum absolute atomic E-state index is 12.6. The molecule has 1 saturated heterocycles. The van der Waals surface area contributed by atoms with Crippen LogP contribution in [0.5, 0.6) is 0 Å². The molecule has 2 heterocycles. The lowest BCUT2D eigenvalue weighted by Crippen LogP contribution is -2.55.